The van der Waals surface area contributed by atoms with Crippen molar-refractivity contribution in [3.8, 4) is 0 Å². The Morgan fingerprint density at radius 2 is 1.58 bits per heavy atom. The second kappa shape index (κ2) is 9.44. The highest BCUT2D eigenvalue weighted by Gasteiger charge is 2.38. The third-order valence-electron chi connectivity index (χ3n) is 3.54. The summed E-state index contributed by atoms with van der Waals surface area (Å²) in [5.74, 6) is -4.40. The molecule has 0 bridgehead atoms. The van der Waals surface area contributed by atoms with Crippen molar-refractivity contribution < 1.29 is 32.3 Å². The average molecular weight is 385 g/mol. The monoisotopic (exact) mass is 385 g/mol. The first-order chi connectivity index (χ1) is 12.1. The van der Waals surface area contributed by atoms with Crippen LogP contribution in [0.4, 0.5) is 0 Å². The lowest BCUT2D eigenvalue weighted by Crippen LogP contribution is -2.49. The number of ether oxygens (including phenoxy) is 2. The van der Waals surface area contributed by atoms with E-state index in [2.05, 4.69) is 9.46 Å². The van der Waals surface area contributed by atoms with Crippen LogP contribution in [0.3, 0.4) is 0 Å². The second-order valence-corrected chi connectivity index (χ2v) is 7.25. The number of benzene rings is 1. The van der Waals surface area contributed by atoms with E-state index < -0.39 is 39.7 Å². The van der Waals surface area contributed by atoms with E-state index in [1.54, 1.807) is 26.0 Å². The number of Topliss-reactive ketones (excluding diaryl/α,β-unsaturated/α-hetero) is 1. The number of nitrogens with one attached hydrogen (secondary N) is 1. The zero-order valence-corrected chi connectivity index (χ0v) is 16.0. The summed E-state index contributed by atoms with van der Waals surface area (Å²) in [4.78, 5) is 35.9. The Balaban J connectivity index is 3.13. The summed E-state index contributed by atoms with van der Waals surface area (Å²) in [6, 6.07) is 4.38. The van der Waals surface area contributed by atoms with Gasteiger partial charge in [-0.3, -0.25) is 9.59 Å². The fourth-order valence-electron chi connectivity index (χ4n) is 2.08. The summed E-state index contributed by atoms with van der Waals surface area (Å²) in [5, 5.41) is 0. The standard InChI is InChI=1S/C17H23NO7S/c1-5-24-16(20)14(12(4)15(19)17(21)25-6-2)18-26(22,23)13-9-7-11(3)8-10-13/h7-10,12,14,18H,5-6H2,1-4H3/t12-,14+/m0/s1. The van der Waals surface area contributed by atoms with Crippen molar-refractivity contribution in [3.63, 3.8) is 0 Å². The van der Waals surface area contributed by atoms with Crippen molar-refractivity contribution in [3.05, 3.63) is 29.8 Å². The molecular weight excluding hydrogens is 362 g/mol. The van der Waals surface area contributed by atoms with E-state index in [9.17, 15) is 22.8 Å². The summed E-state index contributed by atoms with van der Waals surface area (Å²) >= 11 is 0. The van der Waals surface area contributed by atoms with Gasteiger partial charge in [-0.2, -0.15) is 4.72 Å². The van der Waals surface area contributed by atoms with Crippen LogP contribution in [0.25, 0.3) is 0 Å². The Morgan fingerprint density at radius 1 is 1.04 bits per heavy atom. The van der Waals surface area contributed by atoms with Crippen molar-refractivity contribution in [2.24, 2.45) is 5.92 Å². The normalized spacial score (nSPS) is 13.5. The molecule has 0 aliphatic rings. The van der Waals surface area contributed by atoms with Crippen molar-refractivity contribution in [1.29, 1.82) is 0 Å². The van der Waals surface area contributed by atoms with Gasteiger partial charge in [-0.15, -0.1) is 0 Å². The molecular formula is C17H23NO7S. The summed E-state index contributed by atoms with van der Waals surface area (Å²) in [7, 11) is -4.11. The number of sulfonamides is 1. The first kappa shape index (κ1) is 21.8. The topological polar surface area (TPSA) is 116 Å². The molecule has 9 heteroatoms. The highest BCUT2D eigenvalue weighted by atomic mass is 32.2. The first-order valence-electron chi connectivity index (χ1n) is 8.10. The molecule has 0 aliphatic carbocycles. The molecule has 0 fully saturated rings. The Bertz CT molecular complexity index is 756. The second-order valence-electron chi connectivity index (χ2n) is 5.54. The van der Waals surface area contributed by atoms with Crippen molar-refractivity contribution >= 4 is 27.7 Å². The smallest absolute Gasteiger partial charge is 0.374 e. The van der Waals surface area contributed by atoms with Gasteiger partial charge < -0.3 is 9.47 Å². The molecule has 0 aliphatic heterocycles. The fraction of sp³-hybridized carbons (Fsp3) is 0.471. The number of ketones is 1. The maximum atomic E-state index is 12.5. The fourth-order valence-corrected chi connectivity index (χ4v) is 3.34. The molecule has 1 aromatic carbocycles. The number of carbonyl (C=O) groups excluding carboxylic acids is 3. The first-order valence-corrected chi connectivity index (χ1v) is 9.59. The van der Waals surface area contributed by atoms with Crippen LogP contribution in [0.1, 0.15) is 26.3 Å². The van der Waals surface area contributed by atoms with Gasteiger partial charge in [0.05, 0.1) is 24.0 Å². The Labute approximate surface area is 152 Å². The summed E-state index contributed by atoms with van der Waals surface area (Å²) in [5.41, 5.74) is 0.858. The molecule has 1 N–H and O–H groups in total. The molecule has 2 atom stereocenters. The van der Waals surface area contributed by atoms with E-state index in [4.69, 9.17) is 4.74 Å². The Hall–Kier alpha value is -2.26. The highest BCUT2D eigenvalue weighted by Crippen LogP contribution is 2.15. The Kier molecular flexibility index (Phi) is 7.91. The van der Waals surface area contributed by atoms with E-state index in [-0.39, 0.29) is 18.1 Å². The minimum atomic E-state index is -4.11. The predicted octanol–water partition coefficient (Wildman–Crippen LogP) is 0.973. The van der Waals surface area contributed by atoms with Gasteiger partial charge >= 0.3 is 11.9 Å². The molecule has 26 heavy (non-hydrogen) atoms. The van der Waals surface area contributed by atoms with E-state index in [1.807, 2.05) is 0 Å². The van der Waals surface area contributed by atoms with Gasteiger partial charge in [-0.25, -0.2) is 13.2 Å². The SMILES string of the molecule is CCOC(=O)C(=O)[C@@H](C)[C@@H](NS(=O)(=O)c1ccc(C)cc1)C(=O)OCC. The van der Waals surface area contributed by atoms with E-state index in [1.165, 1.54) is 26.0 Å². The van der Waals surface area contributed by atoms with Gasteiger partial charge in [0, 0.05) is 0 Å². The summed E-state index contributed by atoms with van der Waals surface area (Å²) in [6.07, 6.45) is 0. The van der Waals surface area contributed by atoms with Gasteiger partial charge in [0.15, 0.2) is 0 Å². The number of hydrogen-bond donors (Lipinski definition) is 1. The van der Waals surface area contributed by atoms with Gasteiger partial charge in [0.1, 0.15) is 6.04 Å². The minimum Gasteiger partial charge on any atom is -0.465 e. The molecule has 0 heterocycles. The van der Waals surface area contributed by atoms with Crippen molar-refractivity contribution in [2.45, 2.75) is 38.6 Å². The van der Waals surface area contributed by atoms with Crippen molar-refractivity contribution in [1.82, 2.24) is 4.72 Å². The van der Waals surface area contributed by atoms with E-state index in [0.717, 1.165) is 5.56 Å². The van der Waals surface area contributed by atoms with Crippen LogP contribution in [-0.4, -0.2) is 45.4 Å². The molecule has 0 radical (unpaired) electrons. The molecule has 8 nitrogen and oxygen atoms in total. The maximum absolute atomic E-state index is 12.5. The lowest BCUT2D eigenvalue weighted by molar-refractivity contribution is -0.157. The van der Waals surface area contributed by atoms with Crippen LogP contribution in [0, 0.1) is 12.8 Å². The van der Waals surface area contributed by atoms with Crippen molar-refractivity contribution in [2.75, 3.05) is 13.2 Å². The number of carbonyl (C=O) groups is 3. The van der Waals surface area contributed by atoms with E-state index in [0.29, 0.717) is 0 Å². The maximum Gasteiger partial charge on any atom is 0.374 e. The third kappa shape index (κ3) is 5.63. The lowest BCUT2D eigenvalue weighted by atomic mass is 9.98. The van der Waals surface area contributed by atoms with Gasteiger partial charge in [-0.05, 0) is 32.9 Å². The molecule has 0 spiro atoms. The summed E-state index contributed by atoms with van der Waals surface area (Å²) < 4.78 is 36.7. The molecule has 1 aromatic rings. The van der Waals surface area contributed by atoms with Gasteiger partial charge in [0.25, 0.3) is 0 Å². The number of aryl methyl sites for hydroxylation is 1. The third-order valence-corrected chi connectivity index (χ3v) is 5.00. The number of esters is 2. The zero-order chi connectivity index (χ0) is 19.9. The molecule has 0 unspecified atom stereocenters. The van der Waals surface area contributed by atoms with Crippen LogP contribution < -0.4 is 4.72 Å². The lowest BCUT2D eigenvalue weighted by Gasteiger charge is -2.22. The molecule has 0 amide bonds. The average Bonchev–Trinajstić information content (AvgIpc) is 2.59. The molecule has 144 valence electrons. The molecule has 0 aromatic heterocycles. The quantitative estimate of drug-likeness (QED) is 0.497. The van der Waals surface area contributed by atoms with E-state index >= 15 is 0 Å². The highest BCUT2D eigenvalue weighted by molar-refractivity contribution is 7.89. The predicted molar refractivity (Wildman–Crippen MR) is 92.7 cm³/mol. The van der Waals surface area contributed by atoms with Crippen LogP contribution in [0.5, 0.6) is 0 Å². The minimum absolute atomic E-state index is 0.0120. The zero-order valence-electron chi connectivity index (χ0n) is 15.1. The molecule has 1 rings (SSSR count). The Morgan fingerprint density at radius 3 is 2.08 bits per heavy atom. The molecule has 0 saturated heterocycles. The van der Waals surface area contributed by atoms with Crippen LogP contribution >= 0.6 is 0 Å². The van der Waals surface area contributed by atoms with Crippen LogP contribution in [0.2, 0.25) is 0 Å². The van der Waals surface area contributed by atoms with Crippen LogP contribution in [0.15, 0.2) is 29.2 Å². The van der Waals surface area contributed by atoms with Gasteiger partial charge in [0.2, 0.25) is 15.8 Å². The summed E-state index contributed by atoms with van der Waals surface area (Å²) in [6.45, 7) is 6.10. The number of rotatable bonds is 9. The number of hydrogen-bond acceptors (Lipinski definition) is 7. The molecule has 0 saturated carbocycles. The largest absolute Gasteiger partial charge is 0.465 e. The van der Waals surface area contributed by atoms with Gasteiger partial charge in [-0.1, -0.05) is 24.6 Å². The van der Waals surface area contributed by atoms with Crippen LogP contribution in [-0.2, 0) is 33.9 Å².